The van der Waals surface area contributed by atoms with Crippen molar-refractivity contribution in [1.82, 2.24) is 29.3 Å². The Bertz CT molecular complexity index is 1600. The van der Waals surface area contributed by atoms with E-state index in [1.54, 1.807) is 4.52 Å². The monoisotopic (exact) mass is 526 g/mol. The molecule has 1 saturated heterocycles. The summed E-state index contributed by atoms with van der Waals surface area (Å²) in [6, 6.07) is 6.99. The number of aromatic nitrogens is 5. The lowest BCUT2D eigenvalue weighted by Crippen LogP contribution is -2.46. The molecule has 1 atom stereocenters. The molecule has 1 aliphatic heterocycles. The number of hydrogen-bond acceptors (Lipinski definition) is 8. The van der Waals surface area contributed by atoms with Gasteiger partial charge in [0.2, 0.25) is 0 Å². The third kappa shape index (κ3) is 4.35. The number of nitriles is 2. The SMILES string of the molecule is Cc1c(-c2cc(OC(CO)c3ccc(F)cn3)c3c(C#N)cnn3c2)cnn1C1CC2(CCN(C#N)CC2)C1. The molecular formula is C28H27FN8O2. The smallest absolute Gasteiger partial charge is 0.179 e. The minimum absolute atomic E-state index is 0.299. The number of ether oxygens (including phenoxy) is 1. The summed E-state index contributed by atoms with van der Waals surface area (Å²) in [5.74, 6) is -0.134. The highest BCUT2D eigenvalue weighted by Gasteiger charge is 2.47. The summed E-state index contributed by atoms with van der Waals surface area (Å²) in [6.07, 6.45) is 11.8. The third-order valence-electron chi connectivity index (χ3n) is 8.22. The number of aliphatic hydroxyl groups is 1. The number of fused-ring (bicyclic) bond motifs is 1. The first-order valence-corrected chi connectivity index (χ1v) is 12.9. The van der Waals surface area contributed by atoms with Crippen LogP contribution in [-0.4, -0.2) is 54.1 Å². The van der Waals surface area contributed by atoms with Crippen molar-refractivity contribution in [2.24, 2.45) is 5.41 Å². The maximum absolute atomic E-state index is 13.4. The van der Waals surface area contributed by atoms with E-state index in [9.17, 15) is 14.8 Å². The van der Waals surface area contributed by atoms with Crippen LogP contribution in [0.4, 0.5) is 4.39 Å². The highest BCUT2D eigenvalue weighted by molar-refractivity contribution is 5.76. The summed E-state index contributed by atoms with van der Waals surface area (Å²) in [6.45, 7) is 3.30. The van der Waals surface area contributed by atoms with Crippen LogP contribution in [0.25, 0.3) is 16.6 Å². The van der Waals surface area contributed by atoms with Crippen LogP contribution in [0.5, 0.6) is 5.75 Å². The molecule has 198 valence electrons. The van der Waals surface area contributed by atoms with E-state index in [0.717, 1.165) is 61.8 Å². The fraction of sp³-hybridized carbons (Fsp3) is 0.393. The predicted octanol–water partition coefficient (Wildman–Crippen LogP) is 3.92. The van der Waals surface area contributed by atoms with Gasteiger partial charge in [-0.15, -0.1) is 0 Å². The van der Waals surface area contributed by atoms with Gasteiger partial charge in [-0.05, 0) is 56.2 Å². The van der Waals surface area contributed by atoms with E-state index in [-0.39, 0.29) is 0 Å². The van der Waals surface area contributed by atoms with Gasteiger partial charge in [0.15, 0.2) is 12.3 Å². The topological polar surface area (TPSA) is 128 Å². The second-order valence-electron chi connectivity index (χ2n) is 10.5. The molecule has 6 rings (SSSR count). The van der Waals surface area contributed by atoms with Crippen molar-refractivity contribution < 1.29 is 14.2 Å². The summed E-state index contributed by atoms with van der Waals surface area (Å²) in [7, 11) is 0. The summed E-state index contributed by atoms with van der Waals surface area (Å²) < 4.78 is 23.3. The molecule has 11 heteroatoms. The Morgan fingerprint density at radius 2 is 1.97 bits per heavy atom. The van der Waals surface area contributed by atoms with Crippen molar-refractivity contribution in [3.8, 4) is 29.1 Å². The average molecular weight is 527 g/mol. The summed E-state index contributed by atoms with van der Waals surface area (Å²) >= 11 is 0. The fourth-order valence-corrected chi connectivity index (χ4v) is 6.00. The van der Waals surface area contributed by atoms with E-state index in [1.165, 1.54) is 18.3 Å². The van der Waals surface area contributed by atoms with Gasteiger partial charge in [0.1, 0.15) is 28.7 Å². The lowest BCUT2D eigenvalue weighted by Gasteiger charge is -2.51. The number of hydrogen-bond donors (Lipinski definition) is 1. The van der Waals surface area contributed by atoms with Crippen molar-refractivity contribution in [2.45, 2.75) is 44.8 Å². The fourth-order valence-electron chi connectivity index (χ4n) is 6.00. The number of likely N-dealkylation sites (tertiary alicyclic amines) is 1. The minimum atomic E-state index is -0.867. The number of rotatable bonds is 6. The van der Waals surface area contributed by atoms with Crippen molar-refractivity contribution in [3.05, 3.63) is 65.8 Å². The van der Waals surface area contributed by atoms with Gasteiger partial charge < -0.3 is 14.7 Å². The molecule has 1 spiro atoms. The van der Waals surface area contributed by atoms with E-state index in [2.05, 4.69) is 27.0 Å². The first-order chi connectivity index (χ1) is 18.9. The van der Waals surface area contributed by atoms with Crippen LogP contribution >= 0.6 is 0 Å². The van der Waals surface area contributed by atoms with Gasteiger partial charge in [0.25, 0.3) is 0 Å². The zero-order valence-electron chi connectivity index (χ0n) is 21.5. The van der Waals surface area contributed by atoms with Crippen molar-refractivity contribution in [2.75, 3.05) is 19.7 Å². The number of halogens is 1. The Morgan fingerprint density at radius 1 is 1.18 bits per heavy atom. The number of aliphatic hydroxyl groups excluding tert-OH is 1. The Kier molecular flexibility index (Phi) is 6.16. The highest BCUT2D eigenvalue weighted by Crippen LogP contribution is 2.55. The second kappa shape index (κ2) is 9.68. The standard InChI is InChI=1S/C28H27FN8O2/c1-18-23(14-34-37(18)22-9-28(10-22)4-6-35(17-31)7-5-28)19-8-25(27-20(11-30)12-33-36(27)15-19)39-26(16-38)24-3-2-21(29)13-32-24/h2-3,8,12-15,22,26,38H,4-7,9-10,16H2,1H3. The Balaban J connectivity index is 1.30. The van der Waals surface area contributed by atoms with Crippen LogP contribution in [0.3, 0.4) is 0 Å². The van der Waals surface area contributed by atoms with Crippen LogP contribution < -0.4 is 4.74 Å². The molecule has 5 heterocycles. The molecule has 39 heavy (non-hydrogen) atoms. The Hall–Kier alpha value is -4.48. The third-order valence-corrected chi connectivity index (χ3v) is 8.22. The van der Waals surface area contributed by atoms with Crippen LogP contribution in [0.15, 0.2) is 43.0 Å². The van der Waals surface area contributed by atoms with Crippen LogP contribution in [0.2, 0.25) is 0 Å². The molecule has 10 nitrogen and oxygen atoms in total. The molecule has 0 bridgehead atoms. The van der Waals surface area contributed by atoms with Gasteiger partial charge >= 0.3 is 0 Å². The number of piperidine rings is 1. The molecule has 0 aromatic carbocycles. The molecule has 0 radical (unpaired) electrons. The maximum Gasteiger partial charge on any atom is 0.179 e. The quantitative estimate of drug-likeness (QED) is 0.375. The molecule has 1 unspecified atom stereocenters. The summed E-state index contributed by atoms with van der Waals surface area (Å²) in [5.41, 5.74) is 4.19. The van der Waals surface area contributed by atoms with E-state index in [4.69, 9.17) is 15.1 Å². The van der Waals surface area contributed by atoms with Gasteiger partial charge in [-0.25, -0.2) is 8.91 Å². The zero-order chi connectivity index (χ0) is 27.1. The molecule has 4 aromatic heterocycles. The normalized spacial score (nSPS) is 17.5. The molecule has 2 aliphatic rings. The molecular weight excluding hydrogens is 499 g/mol. The van der Waals surface area contributed by atoms with Crippen LogP contribution in [-0.2, 0) is 0 Å². The molecule has 2 fully saturated rings. The predicted molar refractivity (Wildman–Crippen MR) is 138 cm³/mol. The largest absolute Gasteiger partial charge is 0.479 e. The van der Waals surface area contributed by atoms with Gasteiger partial charge in [0.05, 0.1) is 36.9 Å². The van der Waals surface area contributed by atoms with Crippen LogP contribution in [0, 0.1) is 40.9 Å². The van der Waals surface area contributed by atoms with Gasteiger partial charge in [0, 0.05) is 36.1 Å². The molecule has 1 aliphatic carbocycles. The first kappa shape index (κ1) is 24.8. The zero-order valence-corrected chi connectivity index (χ0v) is 21.5. The highest BCUT2D eigenvalue weighted by atomic mass is 19.1. The maximum atomic E-state index is 13.4. The minimum Gasteiger partial charge on any atom is -0.479 e. The molecule has 1 N–H and O–H groups in total. The van der Waals surface area contributed by atoms with E-state index in [1.807, 2.05) is 30.3 Å². The first-order valence-electron chi connectivity index (χ1n) is 12.9. The lowest BCUT2D eigenvalue weighted by molar-refractivity contribution is 0.000539. The number of pyridine rings is 2. The van der Waals surface area contributed by atoms with E-state index in [0.29, 0.717) is 34.0 Å². The van der Waals surface area contributed by atoms with E-state index >= 15 is 0 Å². The summed E-state index contributed by atoms with van der Waals surface area (Å²) in [4.78, 5) is 5.89. The Labute approximate surface area is 224 Å². The van der Waals surface area contributed by atoms with Crippen molar-refractivity contribution >= 4 is 5.52 Å². The van der Waals surface area contributed by atoms with Gasteiger partial charge in [-0.2, -0.15) is 20.7 Å². The van der Waals surface area contributed by atoms with Crippen LogP contribution in [0.1, 0.15) is 54.8 Å². The molecule has 1 saturated carbocycles. The second-order valence-corrected chi connectivity index (χ2v) is 10.5. The lowest BCUT2D eigenvalue weighted by atomic mass is 9.60. The van der Waals surface area contributed by atoms with E-state index < -0.39 is 18.5 Å². The van der Waals surface area contributed by atoms with Crippen molar-refractivity contribution in [3.63, 3.8) is 0 Å². The number of nitrogens with zero attached hydrogens (tertiary/aromatic N) is 8. The summed E-state index contributed by atoms with van der Waals surface area (Å²) in [5, 5.41) is 37.9. The Morgan fingerprint density at radius 3 is 2.64 bits per heavy atom. The van der Waals surface area contributed by atoms with Gasteiger partial charge in [-0.1, -0.05) is 0 Å². The average Bonchev–Trinajstić information content (AvgIpc) is 3.54. The van der Waals surface area contributed by atoms with Crippen molar-refractivity contribution in [1.29, 1.82) is 10.5 Å². The molecule has 4 aromatic rings. The molecule has 0 amide bonds. The van der Waals surface area contributed by atoms with Gasteiger partial charge in [-0.3, -0.25) is 9.67 Å².